The minimum atomic E-state index is -4.81. The fraction of sp³-hybridized carbons (Fsp3) is 0.950. The van der Waals surface area contributed by atoms with Crippen LogP contribution in [0.25, 0.3) is 0 Å². The van der Waals surface area contributed by atoms with Crippen molar-refractivity contribution in [1.29, 1.82) is 0 Å². The Labute approximate surface area is 417 Å². The zero-order valence-electron chi connectivity index (χ0n) is 40.0. The summed E-state index contributed by atoms with van der Waals surface area (Å²) >= 11 is 0. The van der Waals surface area contributed by atoms with Gasteiger partial charge in [0, 0.05) is 0 Å². The predicted molar refractivity (Wildman–Crippen MR) is 205 cm³/mol. The monoisotopic (exact) mass is 799 g/mol. The van der Waals surface area contributed by atoms with Crippen LogP contribution >= 0.6 is 0 Å². The molecule has 294 valence electrons. The second-order valence-electron chi connectivity index (χ2n) is 14.5. The molecule has 0 rings (SSSR count). The van der Waals surface area contributed by atoms with Crippen LogP contribution < -0.4 is 118 Å². The van der Waals surface area contributed by atoms with Gasteiger partial charge in [0.25, 0.3) is 10.1 Å². The number of carbonyl (C=O) groups excluding carboxylic acids is 2. The molecule has 0 aliphatic rings. The normalized spacial score (nSPS) is 12.6. The van der Waals surface area contributed by atoms with Crippen molar-refractivity contribution < 1.29 is 156 Å². The van der Waals surface area contributed by atoms with Crippen LogP contribution in [0.4, 0.5) is 0 Å². The third-order valence-electron chi connectivity index (χ3n) is 9.55. The molecular formula is C40H82Na4O7S. The van der Waals surface area contributed by atoms with E-state index in [0.717, 1.165) is 38.5 Å². The summed E-state index contributed by atoms with van der Waals surface area (Å²) in [4.78, 5) is 25.1. The summed E-state index contributed by atoms with van der Waals surface area (Å²) < 4.78 is 44.2. The summed E-state index contributed by atoms with van der Waals surface area (Å²) in [6, 6.07) is 0. The van der Waals surface area contributed by atoms with Crippen molar-refractivity contribution in [3.8, 4) is 0 Å². The molecule has 0 amide bonds. The van der Waals surface area contributed by atoms with Gasteiger partial charge in [0.05, 0.1) is 18.6 Å². The van der Waals surface area contributed by atoms with Crippen molar-refractivity contribution in [2.75, 3.05) is 0 Å². The molecule has 0 aromatic carbocycles. The van der Waals surface area contributed by atoms with E-state index in [1.807, 2.05) is 0 Å². The van der Waals surface area contributed by atoms with Gasteiger partial charge in [-0.3, -0.25) is 14.1 Å². The van der Waals surface area contributed by atoms with Gasteiger partial charge in [-0.25, -0.2) is 0 Å². The van der Waals surface area contributed by atoms with Gasteiger partial charge < -0.3 is 15.2 Å². The molecule has 0 saturated carbocycles. The van der Waals surface area contributed by atoms with Crippen LogP contribution in [0.5, 0.6) is 0 Å². The van der Waals surface area contributed by atoms with Crippen LogP contribution in [0.3, 0.4) is 0 Å². The summed E-state index contributed by atoms with van der Waals surface area (Å²) in [5, 5.41) is -1.96. The van der Waals surface area contributed by atoms with E-state index in [2.05, 4.69) is 13.8 Å². The van der Waals surface area contributed by atoms with E-state index < -0.39 is 39.8 Å². The zero-order valence-corrected chi connectivity index (χ0v) is 44.8. The van der Waals surface area contributed by atoms with Gasteiger partial charge in [-0.1, -0.05) is 181 Å². The number of ether oxygens (including phenoxy) is 2. The number of rotatable bonds is 36. The largest absolute Gasteiger partial charge is 1.00 e. The topological polar surface area (TPSA) is 107 Å². The third-order valence-corrected chi connectivity index (χ3v) is 10.6. The maximum Gasteiger partial charge on any atom is 1.00 e. The van der Waals surface area contributed by atoms with Crippen LogP contribution in [0.1, 0.15) is 232 Å². The number of esters is 2. The SMILES string of the molecule is CCCCCCCCCCCCCCCCC(C)OC(=O)CC(C(=O)OC(C)CCCCCCCCCCCCCCCC)S(=O)(=O)O.[H-].[H-].[H-].[H-].[Na+].[Na+].[Na+].[Na+]. The van der Waals surface area contributed by atoms with Crippen molar-refractivity contribution in [2.24, 2.45) is 0 Å². The Kier molecular flexibility index (Phi) is 57.3. The molecule has 52 heavy (non-hydrogen) atoms. The molecule has 0 radical (unpaired) electrons. The average molecular weight is 799 g/mol. The minimum Gasteiger partial charge on any atom is -1.00 e. The third kappa shape index (κ3) is 44.0. The van der Waals surface area contributed by atoms with Gasteiger partial charge in [0.2, 0.25) is 0 Å². The first-order chi connectivity index (χ1) is 23.1. The first-order valence-corrected chi connectivity index (χ1v) is 22.0. The second-order valence-corrected chi connectivity index (χ2v) is 16.1. The quantitative estimate of drug-likeness (QED) is 0.0431. The van der Waals surface area contributed by atoms with Gasteiger partial charge in [-0.15, -0.1) is 0 Å². The number of unbranched alkanes of at least 4 members (excludes halogenated alkanes) is 26. The molecule has 0 saturated heterocycles. The summed E-state index contributed by atoms with van der Waals surface area (Å²) in [6.45, 7) is 8.00. The first kappa shape index (κ1) is 64.0. The fourth-order valence-corrected chi connectivity index (χ4v) is 7.02. The van der Waals surface area contributed by atoms with E-state index in [9.17, 15) is 22.6 Å². The zero-order chi connectivity index (χ0) is 35.7. The van der Waals surface area contributed by atoms with Crippen molar-refractivity contribution in [1.82, 2.24) is 0 Å². The Morgan fingerprint density at radius 2 is 0.731 bits per heavy atom. The molecule has 12 heteroatoms. The van der Waals surface area contributed by atoms with Crippen molar-refractivity contribution in [3.63, 3.8) is 0 Å². The summed E-state index contributed by atoms with van der Waals surface area (Å²) in [7, 11) is -4.81. The molecule has 0 spiro atoms. The van der Waals surface area contributed by atoms with E-state index in [1.165, 1.54) is 141 Å². The Hall–Kier alpha value is 2.85. The van der Waals surface area contributed by atoms with Gasteiger partial charge in [-0.05, 0) is 39.5 Å². The van der Waals surface area contributed by atoms with E-state index in [-0.39, 0.29) is 130 Å². The first-order valence-electron chi connectivity index (χ1n) is 20.5. The summed E-state index contributed by atoms with van der Waals surface area (Å²) in [6.07, 6.45) is 35.1. The van der Waals surface area contributed by atoms with Gasteiger partial charge in [0.1, 0.15) is 0 Å². The Balaban J connectivity index is -0.000000394. The molecule has 0 aromatic heterocycles. The maximum atomic E-state index is 12.6. The standard InChI is InChI=1S/C40H78O7S.4Na.4H/c1-5-7-9-11-13-15-17-19-21-23-25-27-29-31-33-36(3)46-39(41)35-38(48(43,44)45)40(42)47-37(4)34-32-30-28-26-24-22-20-18-16-14-12-10-8-6-2;;;;;;;;/h36-38H,5-35H2,1-4H3,(H,43,44,45);;;;;;;;/q;4*+1;4*-1. The molecular weight excluding hydrogens is 716 g/mol. The Bertz CT molecular complexity index is 886. The fourth-order valence-electron chi connectivity index (χ4n) is 6.38. The van der Waals surface area contributed by atoms with Crippen LogP contribution in [-0.4, -0.2) is 42.4 Å². The molecule has 0 aromatic rings. The minimum absolute atomic E-state index is 0. The van der Waals surface area contributed by atoms with Gasteiger partial charge in [-0.2, -0.15) is 8.42 Å². The van der Waals surface area contributed by atoms with E-state index in [1.54, 1.807) is 13.8 Å². The van der Waals surface area contributed by atoms with Crippen LogP contribution in [0, 0.1) is 0 Å². The second kappa shape index (κ2) is 46.5. The smallest absolute Gasteiger partial charge is 1.00 e. The molecule has 0 heterocycles. The van der Waals surface area contributed by atoms with Crippen LogP contribution in [0.15, 0.2) is 0 Å². The van der Waals surface area contributed by atoms with Crippen molar-refractivity contribution >= 4 is 22.1 Å². The molecule has 1 N–H and O–H groups in total. The Morgan fingerprint density at radius 3 is 1.00 bits per heavy atom. The molecule has 0 aliphatic carbocycles. The molecule has 0 aliphatic heterocycles. The van der Waals surface area contributed by atoms with Gasteiger partial charge >= 0.3 is 130 Å². The van der Waals surface area contributed by atoms with Crippen molar-refractivity contribution in [3.05, 3.63) is 0 Å². The van der Waals surface area contributed by atoms with E-state index >= 15 is 0 Å². The van der Waals surface area contributed by atoms with E-state index in [0.29, 0.717) is 12.8 Å². The number of hydrogen-bond donors (Lipinski definition) is 1. The molecule has 3 atom stereocenters. The maximum absolute atomic E-state index is 12.6. The van der Waals surface area contributed by atoms with Crippen LogP contribution in [-0.2, 0) is 29.2 Å². The molecule has 0 bridgehead atoms. The molecule has 3 unspecified atom stereocenters. The molecule has 7 nitrogen and oxygen atoms in total. The van der Waals surface area contributed by atoms with E-state index in [4.69, 9.17) is 9.47 Å². The van der Waals surface area contributed by atoms with Crippen molar-refractivity contribution in [2.45, 2.75) is 244 Å². The summed E-state index contributed by atoms with van der Waals surface area (Å²) in [5.41, 5.74) is 0. The Morgan fingerprint density at radius 1 is 0.481 bits per heavy atom. The predicted octanol–water partition coefficient (Wildman–Crippen LogP) is 0.705. The number of hydrogen-bond acceptors (Lipinski definition) is 6. The summed E-state index contributed by atoms with van der Waals surface area (Å²) in [5.74, 6) is -1.90. The average Bonchev–Trinajstić information content (AvgIpc) is 3.03. The van der Waals surface area contributed by atoms with Gasteiger partial charge in [0.15, 0.2) is 5.25 Å². The number of carbonyl (C=O) groups is 2. The molecule has 0 fully saturated rings. The van der Waals surface area contributed by atoms with Crippen LogP contribution in [0.2, 0.25) is 0 Å².